The van der Waals surface area contributed by atoms with Crippen molar-refractivity contribution in [2.45, 2.75) is 31.2 Å². The summed E-state index contributed by atoms with van der Waals surface area (Å²) in [5.41, 5.74) is 2.04. The number of H-pyrrole nitrogens is 1. The number of carbonyl (C=O) groups excluding carboxylic acids is 1. The highest BCUT2D eigenvalue weighted by molar-refractivity contribution is 9.10. The number of esters is 1. The van der Waals surface area contributed by atoms with E-state index in [1.165, 1.54) is 18.2 Å². The second-order valence-corrected chi connectivity index (χ2v) is 9.03. The predicted octanol–water partition coefficient (Wildman–Crippen LogP) is 4.45. The van der Waals surface area contributed by atoms with Crippen molar-refractivity contribution in [1.82, 2.24) is 14.7 Å². The molecule has 0 aliphatic heterocycles. The Kier molecular flexibility index (Phi) is 7.06. The molecule has 0 aliphatic rings. The summed E-state index contributed by atoms with van der Waals surface area (Å²) >= 11 is 3.25. The number of carbonyl (C=O) groups is 1. The van der Waals surface area contributed by atoms with E-state index in [0.29, 0.717) is 12.2 Å². The van der Waals surface area contributed by atoms with Crippen LogP contribution < -0.4 is 4.72 Å². The molecule has 3 aromatic rings. The minimum Gasteiger partial charge on any atom is -0.462 e. The Labute approximate surface area is 184 Å². The molecular weight excluding hydrogens is 470 g/mol. The molecular formula is C21H22BrN3O4S. The number of benzene rings is 2. The summed E-state index contributed by atoms with van der Waals surface area (Å²) < 4.78 is 33.9. The Morgan fingerprint density at radius 2 is 1.93 bits per heavy atom. The molecule has 0 saturated carbocycles. The van der Waals surface area contributed by atoms with Gasteiger partial charge in [0.25, 0.3) is 0 Å². The van der Waals surface area contributed by atoms with E-state index in [0.717, 1.165) is 11.3 Å². The number of ether oxygens (including phenoxy) is 1. The average molecular weight is 492 g/mol. The van der Waals surface area contributed by atoms with Crippen molar-refractivity contribution < 1.29 is 17.9 Å². The summed E-state index contributed by atoms with van der Waals surface area (Å²) in [7, 11) is -3.87. The number of imidazole rings is 1. The smallest absolute Gasteiger partial charge is 0.338 e. The summed E-state index contributed by atoms with van der Waals surface area (Å²) in [5, 5.41) is 0. The van der Waals surface area contributed by atoms with Gasteiger partial charge in [-0.15, -0.1) is 0 Å². The predicted molar refractivity (Wildman–Crippen MR) is 117 cm³/mol. The zero-order chi connectivity index (χ0) is 21.7. The average Bonchev–Trinajstić information content (AvgIpc) is 3.22. The number of halogens is 1. The summed E-state index contributed by atoms with van der Waals surface area (Å²) in [5.74, 6) is 0.0183. The molecule has 30 heavy (non-hydrogen) atoms. The first-order valence-corrected chi connectivity index (χ1v) is 11.7. The lowest BCUT2D eigenvalue weighted by Crippen LogP contribution is -2.29. The fourth-order valence-electron chi connectivity index (χ4n) is 2.92. The summed E-state index contributed by atoms with van der Waals surface area (Å²) in [6.07, 6.45) is 2.19. The van der Waals surface area contributed by atoms with Gasteiger partial charge in [-0.3, -0.25) is 0 Å². The minimum atomic E-state index is -3.87. The fourth-order valence-corrected chi connectivity index (χ4v) is 5.28. The maximum absolute atomic E-state index is 13.0. The van der Waals surface area contributed by atoms with E-state index < -0.39 is 22.0 Å². The number of nitrogens with one attached hydrogen (secondary N) is 2. The van der Waals surface area contributed by atoms with Crippen LogP contribution in [-0.4, -0.2) is 31.0 Å². The molecule has 2 aromatic carbocycles. The first kappa shape index (κ1) is 22.2. The largest absolute Gasteiger partial charge is 0.462 e. The van der Waals surface area contributed by atoms with Crippen molar-refractivity contribution in [3.05, 3.63) is 70.6 Å². The monoisotopic (exact) mass is 491 g/mol. The van der Waals surface area contributed by atoms with Gasteiger partial charge in [-0.25, -0.2) is 22.9 Å². The van der Waals surface area contributed by atoms with Crippen LogP contribution in [0.1, 0.15) is 42.5 Å². The van der Waals surface area contributed by atoms with Crippen LogP contribution in [0.25, 0.3) is 11.3 Å². The van der Waals surface area contributed by atoms with E-state index >= 15 is 0 Å². The highest BCUT2D eigenvalue weighted by Gasteiger charge is 2.25. The van der Waals surface area contributed by atoms with Crippen LogP contribution in [0, 0.1) is 0 Å². The van der Waals surface area contributed by atoms with E-state index in [2.05, 4.69) is 30.6 Å². The van der Waals surface area contributed by atoms with Crippen LogP contribution >= 0.6 is 15.9 Å². The Hall–Kier alpha value is -2.49. The lowest BCUT2D eigenvalue weighted by atomic mass is 10.2. The molecule has 9 heteroatoms. The molecule has 1 heterocycles. The van der Waals surface area contributed by atoms with Crippen molar-refractivity contribution in [3.63, 3.8) is 0 Å². The van der Waals surface area contributed by atoms with Crippen LogP contribution in [0.15, 0.2) is 64.1 Å². The molecule has 0 fully saturated rings. The lowest BCUT2D eigenvalue weighted by molar-refractivity contribution is 0.0526. The normalized spacial score (nSPS) is 12.5. The van der Waals surface area contributed by atoms with Gasteiger partial charge in [0.2, 0.25) is 10.0 Å². The van der Waals surface area contributed by atoms with Crippen molar-refractivity contribution in [1.29, 1.82) is 0 Å². The highest BCUT2D eigenvalue weighted by Crippen LogP contribution is 2.27. The molecule has 0 saturated heterocycles. The van der Waals surface area contributed by atoms with Crippen LogP contribution in [-0.2, 0) is 14.8 Å². The maximum atomic E-state index is 13.0. The van der Waals surface area contributed by atoms with E-state index in [1.807, 2.05) is 37.3 Å². The van der Waals surface area contributed by atoms with Crippen LogP contribution in [0.3, 0.4) is 0 Å². The summed E-state index contributed by atoms with van der Waals surface area (Å²) in [6.45, 7) is 3.82. The molecule has 158 valence electrons. The topological polar surface area (TPSA) is 101 Å². The standard InChI is InChI=1S/C21H22BrN3O4S/c1-3-17(20-23-13-18(24-20)14-8-6-5-7-9-14)25-30(27,28)19-11-10-15(12-16(19)22)21(26)29-4-2/h5-13,17,25H,3-4H2,1-2H3,(H,23,24). The number of aromatic nitrogens is 2. The zero-order valence-corrected chi connectivity index (χ0v) is 19.0. The maximum Gasteiger partial charge on any atom is 0.338 e. The van der Waals surface area contributed by atoms with Gasteiger partial charge in [-0.1, -0.05) is 37.3 Å². The van der Waals surface area contributed by atoms with Crippen LogP contribution in [0.5, 0.6) is 0 Å². The molecule has 1 atom stereocenters. The SMILES string of the molecule is CCOC(=O)c1ccc(S(=O)(=O)NC(CC)c2ncc(-c3ccccc3)[nH]2)c(Br)c1. The molecule has 7 nitrogen and oxygen atoms in total. The zero-order valence-electron chi connectivity index (χ0n) is 16.6. The van der Waals surface area contributed by atoms with E-state index in [4.69, 9.17) is 4.74 Å². The Morgan fingerprint density at radius 3 is 2.57 bits per heavy atom. The second-order valence-electron chi connectivity index (χ2n) is 6.50. The van der Waals surface area contributed by atoms with Gasteiger partial charge in [-0.2, -0.15) is 0 Å². The van der Waals surface area contributed by atoms with E-state index in [1.54, 1.807) is 13.1 Å². The third kappa shape index (κ3) is 4.97. The van der Waals surface area contributed by atoms with E-state index in [9.17, 15) is 13.2 Å². The Balaban J connectivity index is 1.83. The highest BCUT2D eigenvalue weighted by atomic mass is 79.9. The molecule has 1 aromatic heterocycles. The van der Waals surface area contributed by atoms with Crippen molar-refractivity contribution >= 4 is 31.9 Å². The quantitative estimate of drug-likeness (QED) is 0.453. The molecule has 1 unspecified atom stereocenters. The van der Waals surface area contributed by atoms with Gasteiger partial charge in [0.05, 0.1) is 35.0 Å². The third-order valence-corrected chi connectivity index (χ3v) is 6.90. The van der Waals surface area contributed by atoms with Gasteiger partial charge in [0.15, 0.2) is 0 Å². The van der Waals surface area contributed by atoms with Crippen molar-refractivity contribution in [2.24, 2.45) is 0 Å². The summed E-state index contributed by atoms with van der Waals surface area (Å²) in [6, 6.07) is 13.4. The van der Waals surface area contributed by atoms with Crippen LogP contribution in [0.4, 0.5) is 0 Å². The second kappa shape index (κ2) is 9.55. The molecule has 0 spiro atoms. The van der Waals surface area contributed by atoms with Gasteiger partial charge in [0, 0.05) is 4.47 Å². The van der Waals surface area contributed by atoms with E-state index in [-0.39, 0.29) is 21.5 Å². The summed E-state index contributed by atoms with van der Waals surface area (Å²) in [4.78, 5) is 19.5. The van der Waals surface area contributed by atoms with Gasteiger partial charge in [-0.05, 0) is 53.0 Å². The van der Waals surface area contributed by atoms with Crippen molar-refractivity contribution in [3.8, 4) is 11.3 Å². The molecule has 0 radical (unpaired) electrons. The first-order chi connectivity index (χ1) is 14.4. The number of nitrogens with zero attached hydrogens (tertiary/aromatic N) is 1. The number of hydrogen-bond acceptors (Lipinski definition) is 5. The molecule has 2 N–H and O–H groups in total. The Bertz CT molecular complexity index is 1130. The first-order valence-electron chi connectivity index (χ1n) is 9.45. The molecule has 3 rings (SSSR count). The van der Waals surface area contributed by atoms with Gasteiger partial charge >= 0.3 is 5.97 Å². The number of rotatable bonds is 8. The molecule has 0 aliphatic carbocycles. The molecule has 0 amide bonds. The van der Waals surface area contributed by atoms with Gasteiger partial charge < -0.3 is 9.72 Å². The lowest BCUT2D eigenvalue weighted by Gasteiger charge is -2.16. The van der Waals surface area contributed by atoms with Gasteiger partial charge in [0.1, 0.15) is 5.82 Å². The molecule has 0 bridgehead atoms. The van der Waals surface area contributed by atoms with Crippen LogP contribution in [0.2, 0.25) is 0 Å². The minimum absolute atomic E-state index is 0.0313. The number of sulfonamides is 1. The Morgan fingerprint density at radius 1 is 1.20 bits per heavy atom. The number of aromatic amines is 1. The fraction of sp³-hybridized carbons (Fsp3) is 0.238. The third-order valence-electron chi connectivity index (χ3n) is 4.45. The van der Waals surface area contributed by atoms with Crippen molar-refractivity contribution in [2.75, 3.05) is 6.61 Å². The number of hydrogen-bond donors (Lipinski definition) is 2.